The molecule has 3 atom stereocenters. The molecule has 0 heterocycles. The van der Waals surface area contributed by atoms with E-state index in [0.29, 0.717) is 6.04 Å². The van der Waals surface area contributed by atoms with Gasteiger partial charge in [-0.2, -0.15) is 0 Å². The maximum Gasteiger partial charge on any atom is 0.0527 e. The molecule has 0 aliphatic rings. The molecule has 0 aliphatic heterocycles. The predicted molar refractivity (Wildman–Crippen MR) is 74.8 cm³/mol. The summed E-state index contributed by atoms with van der Waals surface area (Å²) in [5.74, 6) is 0. The first-order chi connectivity index (χ1) is 6.97. The van der Waals surface area contributed by atoms with Gasteiger partial charge in [-0.1, -0.05) is 19.8 Å². The Bertz CT molecular complexity index is 154. The summed E-state index contributed by atoms with van der Waals surface area (Å²) < 4.78 is 0. The number of unbranched alkanes of at least 4 members (excludes halogenated alkanes) is 1. The van der Waals surface area contributed by atoms with E-state index in [1.54, 1.807) is 0 Å². The van der Waals surface area contributed by atoms with Gasteiger partial charge in [0.05, 0.1) is 6.10 Å². The highest BCUT2D eigenvalue weighted by molar-refractivity contribution is 6.20. The van der Waals surface area contributed by atoms with Crippen molar-refractivity contribution in [2.24, 2.45) is 0 Å². The first-order valence-electron chi connectivity index (χ1n) is 5.95. The third-order valence-corrected chi connectivity index (χ3v) is 3.14. The van der Waals surface area contributed by atoms with Crippen molar-refractivity contribution in [3.05, 3.63) is 0 Å². The Balaban J connectivity index is 0. The van der Waals surface area contributed by atoms with Gasteiger partial charge in [0.1, 0.15) is 0 Å². The van der Waals surface area contributed by atoms with Gasteiger partial charge in [-0.25, -0.2) is 0 Å². The van der Waals surface area contributed by atoms with Crippen LogP contribution in [0.4, 0.5) is 0 Å². The van der Waals surface area contributed by atoms with Gasteiger partial charge in [0.15, 0.2) is 0 Å². The zero-order valence-electron chi connectivity index (χ0n) is 10.9. The highest BCUT2D eigenvalue weighted by Crippen LogP contribution is 2.18. The SMILES string of the molecule is CCCCC(Cl)CC(CC(C)O)N(C)C.Cl. The number of alkyl halides is 1. The highest BCUT2D eigenvalue weighted by atomic mass is 35.5. The van der Waals surface area contributed by atoms with E-state index in [1.165, 1.54) is 12.8 Å². The minimum atomic E-state index is -0.243. The summed E-state index contributed by atoms with van der Waals surface area (Å²) in [6.07, 6.45) is 5.02. The molecule has 16 heavy (non-hydrogen) atoms. The van der Waals surface area contributed by atoms with Gasteiger partial charge in [-0.3, -0.25) is 0 Å². The van der Waals surface area contributed by atoms with Crippen molar-refractivity contribution < 1.29 is 5.11 Å². The Morgan fingerprint density at radius 3 is 2.19 bits per heavy atom. The molecule has 0 bridgehead atoms. The van der Waals surface area contributed by atoms with Gasteiger partial charge in [0.25, 0.3) is 0 Å². The van der Waals surface area contributed by atoms with Crippen molar-refractivity contribution >= 4 is 24.0 Å². The van der Waals surface area contributed by atoms with Crippen LogP contribution < -0.4 is 0 Å². The molecule has 0 aromatic heterocycles. The van der Waals surface area contributed by atoms with Crippen molar-refractivity contribution in [2.45, 2.75) is 63.5 Å². The van der Waals surface area contributed by atoms with Crippen LogP contribution >= 0.6 is 24.0 Å². The lowest BCUT2D eigenvalue weighted by Gasteiger charge is -2.27. The van der Waals surface area contributed by atoms with Crippen molar-refractivity contribution in [1.82, 2.24) is 4.90 Å². The lowest BCUT2D eigenvalue weighted by molar-refractivity contribution is 0.133. The average molecular weight is 272 g/mol. The van der Waals surface area contributed by atoms with Crippen LogP contribution in [0.15, 0.2) is 0 Å². The number of hydrogen-bond acceptors (Lipinski definition) is 2. The van der Waals surface area contributed by atoms with Crippen LogP contribution in [-0.2, 0) is 0 Å². The number of aliphatic hydroxyl groups is 1. The van der Waals surface area contributed by atoms with Gasteiger partial charge in [0.2, 0.25) is 0 Å². The predicted octanol–water partition coefficient (Wildman–Crippen LogP) is 3.30. The summed E-state index contributed by atoms with van der Waals surface area (Å²) in [5.41, 5.74) is 0. The van der Waals surface area contributed by atoms with Gasteiger partial charge in [-0.05, 0) is 40.3 Å². The molecule has 0 aromatic carbocycles. The molecule has 1 N–H and O–H groups in total. The summed E-state index contributed by atoms with van der Waals surface area (Å²) in [4.78, 5) is 2.16. The molecule has 0 rings (SSSR count). The second-order valence-corrected chi connectivity index (χ2v) is 5.29. The molecular formula is C12H27Cl2NO. The molecule has 0 saturated carbocycles. The molecule has 0 radical (unpaired) electrons. The number of halogens is 2. The molecule has 0 aromatic rings. The molecule has 4 heteroatoms. The van der Waals surface area contributed by atoms with Gasteiger partial charge >= 0.3 is 0 Å². The highest BCUT2D eigenvalue weighted by Gasteiger charge is 2.18. The fourth-order valence-corrected chi connectivity index (χ4v) is 2.11. The Labute approximate surface area is 112 Å². The van der Waals surface area contributed by atoms with Crippen LogP contribution in [0.5, 0.6) is 0 Å². The van der Waals surface area contributed by atoms with E-state index in [9.17, 15) is 5.11 Å². The zero-order chi connectivity index (χ0) is 11.8. The molecule has 100 valence electrons. The first-order valence-corrected chi connectivity index (χ1v) is 6.39. The lowest BCUT2D eigenvalue weighted by atomic mass is 10.0. The molecule has 0 aliphatic carbocycles. The van der Waals surface area contributed by atoms with Gasteiger partial charge in [0, 0.05) is 11.4 Å². The van der Waals surface area contributed by atoms with Crippen LogP contribution in [0.3, 0.4) is 0 Å². The minimum absolute atomic E-state index is 0. The van der Waals surface area contributed by atoms with E-state index >= 15 is 0 Å². The van der Waals surface area contributed by atoms with Crippen LogP contribution in [0.2, 0.25) is 0 Å². The van der Waals surface area contributed by atoms with Gasteiger partial charge < -0.3 is 10.0 Å². The van der Waals surface area contributed by atoms with E-state index < -0.39 is 0 Å². The van der Waals surface area contributed by atoms with Crippen molar-refractivity contribution in [1.29, 1.82) is 0 Å². The maximum atomic E-state index is 9.39. The van der Waals surface area contributed by atoms with E-state index in [2.05, 4.69) is 25.9 Å². The molecule has 2 nitrogen and oxygen atoms in total. The molecule has 3 unspecified atom stereocenters. The van der Waals surface area contributed by atoms with Gasteiger partial charge in [-0.15, -0.1) is 24.0 Å². The quantitative estimate of drug-likeness (QED) is 0.685. The third-order valence-electron chi connectivity index (χ3n) is 2.74. The standard InChI is InChI=1S/C12H26ClNO.ClH/c1-5-6-7-11(13)9-12(14(3)4)8-10(2)15;/h10-12,15H,5-9H2,1-4H3;1H. The second-order valence-electron chi connectivity index (χ2n) is 4.68. The van der Waals surface area contributed by atoms with E-state index in [-0.39, 0.29) is 23.9 Å². The smallest absolute Gasteiger partial charge is 0.0527 e. The van der Waals surface area contributed by atoms with Crippen molar-refractivity contribution in [2.75, 3.05) is 14.1 Å². The molecule has 0 amide bonds. The third kappa shape index (κ3) is 9.71. The van der Waals surface area contributed by atoms with E-state index in [1.807, 2.05) is 6.92 Å². The van der Waals surface area contributed by atoms with Crippen LogP contribution in [0.25, 0.3) is 0 Å². The minimum Gasteiger partial charge on any atom is -0.393 e. The second kappa shape index (κ2) is 10.6. The zero-order valence-corrected chi connectivity index (χ0v) is 12.5. The summed E-state index contributed by atoms with van der Waals surface area (Å²) >= 11 is 6.27. The Morgan fingerprint density at radius 1 is 1.25 bits per heavy atom. The number of nitrogens with zero attached hydrogens (tertiary/aromatic N) is 1. The van der Waals surface area contributed by atoms with Crippen LogP contribution in [0, 0.1) is 0 Å². The lowest BCUT2D eigenvalue weighted by Crippen LogP contribution is -2.33. The Hall–Kier alpha value is 0.500. The van der Waals surface area contributed by atoms with Crippen LogP contribution in [-0.4, -0.2) is 41.6 Å². The number of hydrogen-bond donors (Lipinski definition) is 1. The fourth-order valence-electron chi connectivity index (χ4n) is 1.75. The monoisotopic (exact) mass is 271 g/mol. The van der Waals surface area contributed by atoms with Crippen molar-refractivity contribution in [3.63, 3.8) is 0 Å². The molecule has 0 fully saturated rings. The first kappa shape index (κ1) is 18.9. The number of aliphatic hydroxyl groups excluding tert-OH is 1. The summed E-state index contributed by atoms with van der Waals surface area (Å²) in [6, 6.07) is 0.393. The Morgan fingerprint density at radius 2 is 1.81 bits per heavy atom. The largest absolute Gasteiger partial charge is 0.393 e. The van der Waals surface area contributed by atoms with Crippen molar-refractivity contribution in [3.8, 4) is 0 Å². The summed E-state index contributed by atoms with van der Waals surface area (Å²) in [7, 11) is 4.10. The van der Waals surface area contributed by atoms with Crippen LogP contribution in [0.1, 0.15) is 46.0 Å². The maximum absolute atomic E-state index is 9.39. The normalized spacial score (nSPS) is 16.7. The fraction of sp³-hybridized carbons (Fsp3) is 1.00. The van der Waals surface area contributed by atoms with E-state index in [0.717, 1.165) is 19.3 Å². The Kier molecular flexibility index (Phi) is 12.5. The topological polar surface area (TPSA) is 23.5 Å². The molecule has 0 spiro atoms. The number of rotatable bonds is 8. The molecular weight excluding hydrogens is 245 g/mol. The summed E-state index contributed by atoms with van der Waals surface area (Å²) in [5, 5.41) is 9.64. The molecule has 0 saturated heterocycles. The average Bonchev–Trinajstić information content (AvgIpc) is 2.12. The summed E-state index contributed by atoms with van der Waals surface area (Å²) in [6.45, 7) is 4.02. The van der Waals surface area contributed by atoms with E-state index in [4.69, 9.17) is 11.6 Å².